The number of alkyl halides is 3. The number of carbonyl (C=O) groups is 1. The van der Waals surface area contributed by atoms with Crippen LogP contribution < -0.4 is 10.1 Å². The highest BCUT2D eigenvalue weighted by Gasteiger charge is 2.30. The minimum atomic E-state index is -4.47. The molecule has 0 aromatic heterocycles. The molecule has 0 spiro atoms. The maximum absolute atomic E-state index is 12.7. The van der Waals surface area contributed by atoms with E-state index in [1.165, 1.54) is 36.4 Å². The Hall–Kier alpha value is -2.57. The second kappa shape index (κ2) is 7.13. The summed E-state index contributed by atoms with van der Waals surface area (Å²) >= 11 is 0. The number of nitrogens with one attached hydrogen (secondary N) is 1. The van der Waals surface area contributed by atoms with Crippen LogP contribution in [0.2, 0.25) is 0 Å². The lowest BCUT2D eigenvalue weighted by Gasteiger charge is -2.10. The molecule has 0 unspecified atom stereocenters. The molecule has 2 aromatic carbocycles. The van der Waals surface area contributed by atoms with E-state index in [1.807, 2.05) is 0 Å². The van der Waals surface area contributed by atoms with Gasteiger partial charge in [0.15, 0.2) is 6.61 Å². The fourth-order valence-corrected chi connectivity index (χ4v) is 1.77. The van der Waals surface area contributed by atoms with E-state index in [4.69, 9.17) is 4.74 Å². The van der Waals surface area contributed by atoms with Gasteiger partial charge in [0.2, 0.25) is 0 Å². The third-order valence-corrected chi connectivity index (χ3v) is 2.93. The highest BCUT2D eigenvalue weighted by molar-refractivity contribution is 5.77. The monoisotopic (exact) mass is 327 g/mol. The Balaban J connectivity index is 1.83. The average Bonchev–Trinajstić information content (AvgIpc) is 2.52. The molecule has 122 valence electrons. The fourth-order valence-electron chi connectivity index (χ4n) is 1.77. The molecule has 2 rings (SSSR count). The van der Waals surface area contributed by atoms with Crippen LogP contribution in [-0.2, 0) is 17.5 Å². The molecule has 0 atom stereocenters. The zero-order valence-corrected chi connectivity index (χ0v) is 11.9. The molecule has 0 saturated carbocycles. The van der Waals surface area contributed by atoms with Crippen molar-refractivity contribution in [1.82, 2.24) is 5.32 Å². The molecule has 0 radical (unpaired) electrons. The van der Waals surface area contributed by atoms with Gasteiger partial charge in [-0.1, -0.05) is 18.2 Å². The van der Waals surface area contributed by atoms with Gasteiger partial charge in [-0.15, -0.1) is 0 Å². The summed E-state index contributed by atoms with van der Waals surface area (Å²) in [5.74, 6) is -0.920. The van der Waals surface area contributed by atoms with Crippen molar-refractivity contribution in [3.63, 3.8) is 0 Å². The zero-order valence-electron chi connectivity index (χ0n) is 11.9. The van der Waals surface area contributed by atoms with E-state index in [0.717, 1.165) is 12.1 Å². The van der Waals surface area contributed by atoms with Gasteiger partial charge in [-0.05, 0) is 35.9 Å². The van der Waals surface area contributed by atoms with Crippen LogP contribution in [0.3, 0.4) is 0 Å². The molecule has 0 aliphatic rings. The number of hydrogen-bond donors (Lipinski definition) is 1. The predicted octanol–water partition coefficient (Wildman–Crippen LogP) is 3.54. The fraction of sp³-hybridized carbons (Fsp3) is 0.188. The Morgan fingerprint density at radius 1 is 1.09 bits per heavy atom. The maximum Gasteiger partial charge on any atom is 0.416 e. The first kappa shape index (κ1) is 16.8. The Bertz CT molecular complexity index is 669. The van der Waals surface area contributed by atoms with Crippen LogP contribution in [0.5, 0.6) is 5.75 Å². The number of carbonyl (C=O) groups excluding carboxylic acids is 1. The summed E-state index contributed by atoms with van der Waals surface area (Å²) in [5, 5.41) is 2.52. The predicted molar refractivity (Wildman–Crippen MR) is 75.2 cm³/mol. The summed E-state index contributed by atoms with van der Waals surface area (Å²) in [6.07, 6.45) is -4.47. The molecular formula is C16H13F4NO2. The molecule has 0 aliphatic heterocycles. The van der Waals surface area contributed by atoms with Crippen LogP contribution in [0.25, 0.3) is 0 Å². The second-order valence-corrected chi connectivity index (χ2v) is 4.72. The van der Waals surface area contributed by atoms with Crippen molar-refractivity contribution in [2.24, 2.45) is 0 Å². The summed E-state index contributed by atoms with van der Waals surface area (Å²) in [5.41, 5.74) is -0.152. The van der Waals surface area contributed by atoms with E-state index in [0.29, 0.717) is 5.56 Å². The maximum atomic E-state index is 12.7. The zero-order chi connectivity index (χ0) is 16.9. The van der Waals surface area contributed by atoms with Gasteiger partial charge in [0.05, 0.1) is 5.56 Å². The first-order valence-electron chi connectivity index (χ1n) is 6.66. The molecule has 1 N–H and O–H groups in total. The van der Waals surface area contributed by atoms with Crippen LogP contribution in [0, 0.1) is 5.82 Å². The van der Waals surface area contributed by atoms with Crippen molar-refractivity contribution in [2.45, 2.75) is 12.7 Å². The summed E-state index contributed by atoms with van der Waals surface area (Å²) in [7, 11) is 0. The van der Waals surface area contributed by atoms with Crippen molar-refractivity contribution < 1.29 is 27.1 Å². The number of benzene rings is 2. The van der Waals surface area contributed by atoms with E-state index >= 15 is 0 Å². The van der Waals surface area contributed by atoms with E-state index in [2.05, 4.69) is 5.32 Å². The van der Waals surface area contributed by atoms with Gasteiger partial charge in [0, 0.05) is 6.54 Å². The van der Waals surface area contributed by atoms with Crippen molar-refractivity contribution >= 4 is 5.91 Å². The molecule has 0 fully saturated rings. The standard InChI is InChI=1S/C16H13F4NO2/c17-13-6-4-11(5-7-13)9-21-15(22)10-23-14-3-1-2-12(8-14)16(18,19)20/h1-8H,9-10H2,(H,21,22). The Kier molecular flexibility index (Phi) is 5.20. The van der Waals surface area contributed by atoms with E-state index in [9.17, 15) is 22.4 Å². The first-order valence-corrected chi connectivity index (χ1v) is 6.66. The molecule has 3 nitrogen and oxygen atoms in total. The largest absolute Gasteiger partial charge is 0.484 e. The number of rotatable bonds is 5. The Morgan fingerprint density at radius 3 is 2.43 bits per heavy atom. The van der Waals surface area contributed by atoms with Gasteiger partial charge in [0.25, 0.3) is 5.91 Å². The lowest BCUT2D eigenvalue weighted by atomic mass is 10.2. The highest BCUT2D eigenvalue weighted by atomic mass is 19.4. The quantitative estimate of drug-likeness (QED) is 0.853. The van der Waals surface area contributed by atoms with E-state index in [-0.39, 0.29) is 18.1 Å². The molecule has 2 aromatic rings. The van der Waals surface area contributed by atoms with Gasteiger partial charge >= 0.3 is 6.18 Å². The molecule has 7 heteroatoms. The molecular weight excluding hydrogens is 314 g/mol. The lowest BCUT2D eigenvalue weighted by molar-refractivity contribution is -0.137. The molecule has 0 aliphatic carbocycles. The smallest absolute Gasteiger partial charge is 0.416 e. The van der Waals surface area contributed by atoms with Crippen LogP contribution in [0.15, 0.2) is 48.5 Å². The second-order valence-electron chi connectivity index (χ2n) is 4.72. The summed E-state index contributed by atoms with van der Waals surface area (Å²) in [6, 6.07) is 9.85. The van der Waals surface area contributed by atoms with Crippen LogP contribution in [0.1, 0.15) is 11.1 Å². The summed E-state index contributed by atoms with van der Waals surface area (Å²) in [4.78, 5) is 11.6. The number of amides is 1. The lowest BCUT2D eigenvalue weighted by Crippen LogP contribution is -2.28. The van der Waals surface area contributed by atoms with Crippen molar-refractivity contribution in [3.8, 4) is 5.75 Å². The third kappa shape index (κ3) is 5.28. The average molecular weight is 327 g/mol. The van der Waals surface area contributed by atoms with Crippen LogP contribution in [-0.4, -0.2) is 12.5 Å². The van der Waals surface area contributed by atoms with Gasteiger partial charge in [-0.25, -0.2) is 4.39 Å². The van der Waals surface area contributed by atoms with Crippen molar-refractivity contribution in [3.05, 3.63) is 65.5 Å². The molecule has 23 heavy (non-hydrogen) atoms. The SMILES string of the molecule is O=C(COc1cccc(C(F)(F)F)c1)NCc1ccc(F)cc1. The number of ether oxygens (including phenoxy) is 1. The van der Waals surface area contributed by atoms with Crippen molar-refractivity contribution in [2.75, 3.05) is 6.61 Å². The van der Waals surface area contributed by atoms with Gasteiger partial charge < -0.3 is 10.1 Å². The summed E-state index contributed by atoms with van der Waals surface area (Å²) in [6.45, 7) is -0.242. The van der Waals surface area contributed by atoms with Gasteiger partial charge in [-0.2, -0.15) is 13.2 Å². The van der Waals surface area contributed by atoms with Gasteiger partial charge in [0.1, 0.15) is 11.6 Å². The van der Waals surface area contributed by atoms with Gasteiger partial charge in [-0.3, -0.25) is 4.79 Å². The molecule has 0 saturated heterocycles. The summed E-state index contributed by atoms with van der Waals surface area (Å²) < 4.78 is 55.4. The van der Waals surface area contributed by atoms with E-state index in [1.54, 1.807) is 0 Å². The molecule has 0 bridgehead atoms. The highest BCUT2D eigenvalue weighted by Crippen LogP contribution is 2.31. The van der Waals surface area contributed by atoms with Crippen molar-refractivity contribution in [1.29, 1.82) is 0 Å². The Morgan fingerprint density at radius 2 is 1.78 bits per heavy atom. The number of hydrogen-bond acceptors (Lipinski definition) is 2. The Labute approximate surface area is 129 Å². The van der Waals surface area contributed by atoms with Crippen LogP contribution >= 0.6 is 0 Å². The normalized spacial score (nSPS) is 11.1. The molecule has 1 amide bonds. The minimum Gasteiger partial charge on any atom is -0.484 e. The third-order valence-electron chi connectivity index (χ3n) is 2.93. The van der Waals surface area contributed by atoms with E-state index < -0.39 is 24.3 Å². The topological polar surface area (TPSA) is 38.3 Å². The molecule has 0 heterocycles. The van der Waals surface area contributed by atoms with Crippen LogP contribution in [0.4, 0.5) is 17.6 Å². The minimum absolute atomic E-state index is 0.0447. The first-order chi connectivity index (χ1) is 10.8. The number of halogens is 4.